The maximum Gasteiger partial charge on any atom is 0.0594 e. The highest BCUT2D eigenvalue weighted by atomic mass is 16.5. The van der Waals surface area contributed by atoms with Crippen LogP contribution in [-0.4, -0.2) is 38.1 Å². The Balaban J connectivity index is 3.24. The van der Waals surface area contributed by atoms with E-state index in [-0.39, 0.29) is 0 Å². The zero-order chi connectivity index (χ0) is 12.3. The first-order valence-electron chi connectivity index (χ1n) is 5.80. The first kappa shape index (κ1) is 1.09. The quantitative estimate of drug-likeness (QED) is 0.432. The van der Waals surface area contributed by atoms with E-state index in [1.165, 1.54) is 0 Å². The molecule has 0 bridgehead atoms. The van der Waals surface area contributed by atoms with Gasteiger partial charge in [0.25, 0.3) is 0 Å². The van der Waals surface area contributed by atoms with Gasteiger partial charge >= 0.3 is 0 Å². The average molecular weight is 109 g/mol. The molecule has 0 aromatic rings. The summed E-state index contributed by atoms with van der Waals surface area (Å²) in [4.78, 5) is 0.365. The topological polar surface area (TPSA) is 12.5 Å². The van der Waals surface area contributed by atoms with Crippen molar-refractivity contribution in [1.29, 1.82) is 0 Å². The van der Waals surface area contributed by atoms with Crippen molar-refractivity contribution in [2.24, 2.45) is 0 Å². The van der Waals surface area contributed by atoms with E-state index in [0.717, 1.165) is 7.05 Å². The molecule has 1 aliphatic rings. The van der Waals surface area contributed by atoms with Gasteiger partial charge in [0.05, 0.1) is 18.6 Å². The highest BCUT2D eigenvalue weighted by molar-refractivity contribution is 4.53. The smallest absolute Gasteiger partial charge is 0.0594 e. The Morgan fingerprint density at radius 3 is 2.71 bits per heavy atom. The van der Waals surface area contributed by atoms with Crippen LogP contribution >= 0.6 is 0 Å². The number of morpholine rings is 1. The van der Waals surface area contributed by atoms with Gasteiger partial charge in [0.1, 0.15) is 0 Å². The van der Waals surface area contributed by atoms with Gasteiger partial charge in [0.15, 0.2) is 0 Å². The molecule has 0 amide bonds. The molecule has 0 aromatic heterocycles. The highest BCUT2D eigenvalue weighted by Gasteiger charge is 2.02. The van der Waals surface area contributed by atoms with Gasteiger partial charge in [0, 0.05) is 18.5 Å². The Morgan fingerprint density at radius 2 is 2.14 bits per heavy atom. The summed E-state index contributed by atoms with van der Waals surface area (Å²) >= 11 is 0. The van der Waals surface area contributed by atoms with Crippen molar-refractivity contribution in [1.82, 2.24) is 4.90 Å². The fraction of sp³-hybridized carbons (Fsp3) is 1.00. The van der Waals surface area contributed by atoms with E-state index in [4.69, 9.17) is 11.0 Å². The third-order valence-corrected chi connectivity index (χ3v) is 0.529. The third kappa shape index (κ3) is 1.45. The Bertz CT molecular complexity index is 250. The third-order valence-electron chi connectivity index (χ3n) is 0.529. The maximum atomic E-state index is 7.35. The van der Waals surface area contributed by atoms with Gasteiger partial charge in [0.2, 0.25) is 0 Å². The van der Waals surface area contributed by atoms with Crippen LogP contribution in [0.25, 0.3) is 0 Å². The molecule has 1 aliphatic heterocycles. The minimum absolute atomic E-state index is 0.365. The minimum atomic E-state index is -2.92. The summed E-state index contributed by atoms with van der Waals surface area (Å²) in [6, 6.07) is 0. The molecule has 1 heterocycles. The second-order valence-electron chi connectivity index (χ2n) is 1.09. The molecular weight excluding hydrogens is 90.1 g/mol. The molecule has 0 saturated carbocycles. The molecular formula is C5H11NO. The first-order valence-corrected chi connectivity index (χ1v) is 1.80. The Morgan fingerprint density at radius 1 is 1.57 bits per heavy atom. The van der Waals surface area contributed by atoms with Crippen LogP contribution < -0.4 is 0 Å². The van der Waals surface area contributed by atoms with Crippen molar-refractivity contribution in [3.05, 3.63) is 0 Å². The number of rotatable bonds is 0. The van der Waals surface area contributed by atoms with Crippen LogP contribution in [0.1, 0.15) is 11.0 Å². The zero-order valence-corrected chi connectivity index (χ0v) is 3.86. The molecule has 2 nitrogen and oxygen atoms in total. The molecule has 2 heteroatoms. The van der Waals surface area contributed by atoms with Crippen molar-refractivity contribution < 1.29 is 15.7 Å². The molecule has 1 fully saturated rings. The lowest BCUT2D eigenvalue weighted by Crippen LogP contribution is -2.32. The monoisotopic (exact) mass is 109 g/mol. The molecule has 0 radical (unpaired) electrons. The van der Waals surface area contributed by atoms with Crippen LogP contribution in [0.4, 0.5) is 0 Å². The fourth-order valence-electron chi connectivity index (χ4n) is 0.236. The van der Waals surface area contributed by atoms with Crippen LogP contribution in [0.15, 0.2) is 0 Å². The molecule has 1 rings (SSSR count). The summed E-state index contributed by atoms with van der Waals surface area (Å²) < 4.78 is 62.5. The fourth-order valence-corrected chi connectivity index (χ4v) is 0.236. The molecule has 0 unspecified atom stereocenters. The van der Waals surface area contributed by atoms with Crippen molar-refractivity contribution in [3.63, 3.8) is 0 Å². The summed E-state index contributed by atoms with van der Waals surface area (Å²) in [5.74, 6) is 0. The molecule has 0 aromatic carbocycles. The zero-order valence-electron chi connectivity index (χ0n) is 11.9. The predicted octanol–water partition coefficient (Wildman–Crippen LogP) is -0.0516. The molecule has 0 spiro atoms. The Labute approximate surface area is 55.3 Å². The number of hydrogen-bond acceptors (Lipinski definition) is 2. The second kappa shape index (κ2) is 2.28. The standard InChI is InChI=1S/C5H11NO/c1-6-2-4-7-5-3-6/h2-5H2,1H3/i2D2,3D2,4D2,5D2. The van der Waals surface area contributed by atoms with Crippen molar-refractivity contribution in [3.8, 4) is 0 Å². The first-order chi connectivity index (χ1) is 6.36. The van der Waals surface area contributed by atoms with Gasteiger partial charge < -0.3 is 9.64 Å². The van der Waals surface area contributed by atoms with Crippen LogP contribution in [-0.2, 0) is 4.74 Å². The Hall–Kier alpha value is -0.0800. The van der Waals surface area contributed by atoms with E-state index in [0.29, 0.717) is 4.90 Å². The summed E-state index contributed by atoms with van der Waals surface area (Å²) in [6.07, 6.45) is 0. The van der Waals surface area contributed by atoms with E-state index in [2.05, 4.69) is 4.74 Å². The van der Waals surface area contributed by atoms with E-state index in [9.17, 15) is 0 Å². The van der Waals surface area contributed by atoms with Crippen LogP contribution in [0.2, 0.25) is 0 Å². The van der Waals surface area contributed by atoms with Gasteiger partial charge in [-0.3, -0.25) is 0 Å². The van der Waals surface area contributed by atoms with E-state index in [1.54, 1.807) is 0 Å². The van der Waals surface area contributed by atoms with E-state index in [1.807, 2.05) is 0 Å². The molecule has 0 atom stereocenters. The lowest BCUT2D eigenvalue weighted by molar-refractivity contribution is 0.0503. The summed E-state index contributed by atoms with van der Waals surface area (Å²) in [7, 11) is 0.970. The van der Waals surface area contributed by atoms with Crippen molar-refractivity contribution in [2.75, 3.05) is 33.2 Å². The van der Waals surface area contributed by atoms with Crippen molar-refractivity contribution >= 4 is 0 Å². The number of likely N-dealkylation sites (N-methyl/N-ethyl adjacent to an activating group) is 1. The summed E-state index contributed by atoms with van der Waals surface area (Å²) in [5.41, 5.74) is 0. The van der Waals surface area contributed by atoms with Crippen LogP contribution in [0.5, 0.6) is 0 Å². The largest absolute Gasteiger partial charge is 0.379 e. The number of ether oxygens (including phenoxy) is 1. The highest BCUT2D eigenvalue weighted by Crippen LogP contribution is 1.89. The second-order valence-corrected chi connectivity index (χ2v) is 1.09. The van der Waals surface area contributed by atoms with E-state index < -0.39 is 26.1 Å². The predicted molar refractivity (Wildman–Crippen MR) is 28.3 cm³/mol. The molecule has 7 heavy (non-hydrogen) atoms. The molecule has 0 N–H and O–H groups in total. The van der Waals surface area contributed by atoms with Crippen molar-refractivity contribution in [2.45, 2.75) is 0 Å². The lowest BCUT2D eigenvalue weighted by atomic mass is 10.5. The molecule has 42 valence electrons. The normalized spacial score (nSPS) is 71.0. The van der Waals surface area contributed by atoms with E-state index >= 15 is 0 Å². The minimum Gasteiger partial charge on any atom is -0.379 e. The SMILES string of the molecule is [2H]C1([2H])OC([2H])([2H])C([2H])([2H])N(C)C1([2H])[2H]. The molecule has 1 saturated heterocycles. The summed E-state index contributed by atoms with van der Waals surface area (Å²) in [5, 5.41) is 0. The Kier molecular flexibility index (Phi) is 0.356. The van der Waals surface area contributed by atoms with Gasteiger partial charge in [-0.25, -0.2) is 0 Å². The van der Waals surface area contributed by atoms with Gasteiger partial charge in [-0.1, -0.05) is 0 Å². The molecule has 0 aliphatic carbocycles. The lowest BCUT2D eigenvalue weighted by Gasteiger charge is -2.21. The summed E-state index contributed by atoms with van der Waals surface area (Å²) in [6.45, 7) is -11.3. The number of hydrogen-bond donors (Lipinski definition) is 0. The van der Waals surface area contributed by atoms with Gasteiger partial charge in [-0.05, 0) is 7.05 Å². The number of nitrogens with zero attached hydrogens (tertiary/aromatic N) is 1. The van der Waals surface area contributed by atoms with Crippen LogP contribution in [0, 0.1) is 0 Å². The maximum absolute atomic E-state index is 7.35. The average Bonchev–Trinajstić information content (AvgIpc) is 1.98. The van der Waals surface area contributed by atoms with Gasteiger partial charge in [-0.15, -0.1) is 0 Å². The van der Waals surface area contributed by atoms with Crippen LogP contribution in [0.3, 0.4) is 0 Å². The van der Waals surface area contributed by atoms with Gasteiger partial charge in [-0.2, -0.15) is 0 Å².